The number of rotatable bonds is 3. The molecule has 6 nitrogen and oxygen atoms in total. The average Bonchev–Trinajstić information content (AvgIpc) is 2.99. The van der Waals surface area contributed by atoms with Crippen molar-refractivity contribution >= 4 is 37.4 Å². The number of benzene rings is 3. The van der Waals surface area contributed by atoms with Crippen molar-refractivity contribution < 1.29 is 13.5 Å². The molecule has 0 bridgehead atoms. The number of hydrogen-bond donors (Lipinski definition) is 2. The van der Waals surface area contributed by atoms with Crippen LogP contribution in [0, 0.1) is 13.8 Å². The second-order valence-corrected chi connectivity index (χ2v) is 8.00. The summed E-state index contributed by atoms with van der Waals surface area (Å²) in [4.78, 5) is 2.90. The van der Waals surface area contributed by atoms with Gasteiger partial charge in [-0.05, 0) is 47.9 Å². The Bertz CT molecular complexity index is 1320. The molecule has 0 fully saturated rings. The van der Waals surface area contributed by atoms with Gasteiger partial charge in [-0.15, -0.1) is 5.11 Å². The van der Waals surface area contributed by atoms with E-state index in [1.165, 1.54) is 6.07 Å². The maximum Gasteiger partial charge on any atom is 0.299 e. The fourth-order valence-corrected chi connectivity index (χ4v) is 3.85. The molecular weight excluding hydrogens is 362 g/mol. The molecule has 7 heteroatoms. The van der Waals surface area contributed by atoms with E-state index in [-0.39, 0.29) is 16.5 Å². The van der Waals surface area contributed by atoms with Crippen LogP contribution in [-0.4, -0.2) is 18.5 Å². The predicted octanol–water partition coefficient (Wildman–Crippen LogP) is 5.12. The van der Waals surface area contributed by atoms with Crippen molar-refractivity contribution in [2.75, 3.05) is 0 Å². The van der Waals surface area contributed by atoms with Crippen LogP contribution in [0.1, 0.15) is 11.1 Å². The van der Waals surface area contributed by atoms with Crippen molar-refractivity contribution in [3.63, 3.8) is 0 Å². The summed E-state index contributed by atoms with van der Waals surface area (Å²) in [7, 11) is -4.00. The SMILES string of the molecule is Cc1ccc2c(N=NS(=O)(=O)c3ccc4ccccc4c3)c(O)[nH]c2c1C. The first kappa shape index (κ1) is 17.2. The minimum atomic E-state index is -4.00. The number of aryl methyl sites for hydroxylation is 2. The molecule has 0 aliphatic heterocycles. The minimum absolute atomic E-state index is 0.0521. The highest BCUT2D eigenvalue weighted by atomic mass is 32.2. The van der Waals surface area contributed by atoms with Crippen LogP contribution in [-0.2, 0) is 10.0 Å². The lowest BCUT2D eigenvalue weighted by Crippen LogP contribution is -1.95. The monoisotopic (exact) mass is 379 g/mol. The van der Waals surface area contributed by atoms with Gasteiger partial charge in [0.15, 0.2) is 5.69 Å². The van der Waals surface area contributed by atoms with Gasteiger partial charge in [0.25, 0.3) is 10.0 Å². The van der Waals surface area contributed by atoms with E-state index in [1.807, 2.05) is 44.2 Å². The van der Waals surface area contributed by atoms with Gasteiger partial charge in [0.1, 0.15) is 0 Å². The molecule has 2 N–H and O–H groups in total. The maximum atomic E-state index is 12.6. The van der Waals surface area contributed by atoms with Crippen molar-refractivity contribution in [3.8, 4) is 5.88 Å². The van der Waals surface area contributed by atoms with Crippen LogP contribution in [0.4, 0.5) is 5.69 Å². The molecule has 3 aromatic carbocycles. The van der Waals surface area contributed by atoms with Crippen LogP contribution in [0.5, 0.6) is 5.88 Å². The highest BCUT2D eigenvalue weighted by molar-refractivity contribution is 7.90. The second kappa shape index (κ2) is 6.21. The summed E-state index contributed by atoms with van der Waals surface area (Å²) in [5.74, 6) is -0.212. The first-order valence-corrected chi connectivity index (χ1v) is 9.78. The van der Waals surface area contributed by atoms with Gasteiger partial charge in [-0.3, -0.25) is 0 Å². The van der Waals surface area contributed by atoms with Gasteiger partial charge in [0, 0.05) is 5.39 Å². The summed E-state index contributed by atoms with van der Waals surface area (Å²) in [6, 6.07) is 15.9. The van der Waals surface area contributed by atoms with Gasteiger partial charge in [0.2, 0.25) is 5.88 Å². The molecule has 4 aromatic rings. The van der Waals surface area contributed by atoms with Crippen LogP contribution in [0.3, 0.4) is 0 Å². The lowest BCUT2D eigenvalue weighted by atomic mass is 10.1. The molecule has 0 amide bonds. The van der Waals surface area contributed by atoms with E-state index >= 15 is 0 Å². The number of hydrogen-bond acceptors (Lipinski definition) is 4. The summed E-state index contributed by atoms with van der Waals surface area (Å²) in [6.45, 7) is 3.87. The van der Waals surface area contributed by atoms with Gasteiger partial charge in [-0.2, -0.15) is 8.42 Å². The summed E-state index contributed by atoms with van der Waals surface area (Å²) in [5, 5.41) is 16.4. The normalized spacial score (nSPS) is 12.4. The van der Waals surface area contributed by atoms with Gasteiger partial charge in [-0.1, -0.05) is 47.0 Å². The van der Waals surface area contributed by atoms with Gasteiger partial charge < -0.3 is 10.1 Å². The number of H-pyrrole nitrogens is 1. The molecule has 1 heterocycles. The van der Waals surface area contributed by atoms with Crippen LogP contribution in [0.25, 0.3) is 21.7 Å². The Labute approximate surface area is 156 Å². The Morgan fingerprint density at radius 3 is 2.48 bits per heavy atom. The number of fused-ring (bicyclic) bond motifs is 2. The maximum absolute atomic E-state index is 12.6. The molecule has 27 heavy (non-hydrogen) atoms. The van der Waals surface area contributed by atoms with E-state index in [2.05, 4.69) is 14.6 Å². The average molecular weight is 379 g/mol. The molecular formula is C20H17N3O3S. The van der Waals surface area contributed by atoms with Crippen molar-refractivity contribution in [2.45, 2.75) is 18.7 Å². The van der Waals surface area contributed by atoms with Crippen LogP contribution < -0.4 is 0 Å². The summed E-state index contributed by atoms with van der Waals surface area (Å²) in [5.41, 5.74) is 2.83. The molecule has 0 aliphatic carbocycles. The number of aromatic nitrogens is 1. The largest absolute Gasteiger partial charge is 0.493 e. The van der Waals surface area contributed by atoms with Gasteiger partial charge in [-0.25, -0.2) is 0 Å². The minimum Gasteiger partial charge on any atom is -0.493 e. The Hall–Kier alpha value is -3.19. The first-order valence-electron chi connectivity index (χ1n) is 8.34. The van der Waals surface area contributed by atoms with Crippen molar-refractivity contribution in [1.82, 2.24) is 4.98 Å². The van der Waals surface area contributed by atoms with Gasteiger partial charge >= 0.3 is 0 Å². The highest BCUT2D eigenvalue weighted by Gasteiger charge is 2.17. The molecule has 1 aromatic heterocycles. The fourth-order valence-electron chi connectivity index (χ4n) is 3.05. The van der Waals surface area contributed by atoms with Crippen LogP contribution in [0.2, 0.25) is 0 Å². The molecule has 0 saturated carbocycles. The second-order valence-electron chi connectivity index (χ2n) is 6.42. The molecule has 0 spiro atoms. The summed E-state index contributed by atoms with van der Waals surface area (Å²) < 4.78 is 28.7. The van der Waals surface area contributed by atoms with E-state index in [4.69, 9.17) is 0 Å². The lowest BCUT2D eigenvalue weighted by molar-refractivity contribution is 0.459. The zero-order valence-corrected chi connectivity index (χ0v) is 15.6. The quantitative estimate of drug-likeness (QED) is 0.484. The highest BCUT2D eigenvalue weighted by Crippen LogP contribution is 2.38. The van der Waals surface area contributed by atoms with Crippen molar-refractivity contribution in [1.29, 1.82) is 0 Å². The molecule has 0 aliphatic rings. The van der Waals surface area contributed by atoms with E-state index in [0.717, 1.165) is 21.9 Å². The summed E-state index contributed by atoms with van der Waals surface area (Å²) >= 11 is 0. The Balaban J connectivity index is 1.78. The zero-order valence-electron chi connectivity index (χ0n) is 14.8. The molecule has 4 rings (SSSR count). The first-order chi connectivity index (χ1) is 12.9. The van der Waals surface area contributed by atoms with E-state index in [0.29, 0.717) is 10.9 Å². The van der Waals surface area contributed by atoms with Crippen molar-refractivity contribution in [2.24, 2.45) is 9.63 Å². The Morgan fingerprint density at radius 2 is 1.70 bits per heavy atom. The smallest absolute Gasteiger partial charge is 0.299 e. The third-order valence-corrected chi connectivity index (χ3v) is 5.87. The number of aromatic hydroxyl groups is 1. The molecule has 136 valence electrons. The Kier molecular flexibility index (Phi) is 3.96. The van der Waals surface area contributed by atoms with Gasteiger partial charge in [0.05, 0.1) is 10.4 Å². The number of nitrogens with one attached hydrogen (secondary N) is 1. The zero-order chi connectivity index (χ0) is 19.2. The lowest BCUT2D eigenvalue weighted by Gasteiger charge is -2.01. The fraction of sp³-hybridized carbons (Fsp3) is 0.100. The summed E-state index contributed by atoms with van der Waals surface area (Å²) in [6.07, 6.45) is 0. The third kappa shape index (κ3) is 2.96. The standard InChI is InChI=1S/C20H17N3O3S/c1-12-7-10-17-18(13(12)2)21-20(24)19(17)22-23-27(25,26)16-9-8-14-5-3-4-6-15(14)11-16/h3-11,21,24H,1-2H3. The van der Waals surface area contributed by atoms with E-state index in [9.17, 15) is 13.5 Å². The van der Waals surface area contributed by atoms with Crippen LogP contribution in [0.15, 0.2) is 69.1 Å². The molecule has 0 atom stereocenters. The predicted molar refractivity (Wildman–Crippen MR) is 105 cm³/mol. The molecule has 0 radical (unpaired) electrons. The number of aromatic amines is 1. The Morgan fingerprint density at radius 1 is 0.963 bits per heavy atom. The molecule has 0 saturated heterocycles. The third-order valence-electron chi connectivity index (χ3n) is 4.73. The number of nitrogens with zero attached hydrogens (tertiary/aromatic N) is 2. The van der Waals surface area contributed by atoms with Crippen molar-refractivity contribution in [3.05, 3.63) is 65.7 Å². The number of sulfonamides is 1. The molecule has 0 unspecified atom stereocenters. The van der Waals surface area contributed by atoms with E-state index < -0.39 is 10.0 Å². The van der Waals surface area contributed by atoms with Crippen LogP contribution >= 0.6 is 0 Å². The topological polar surface area (TPSA) is 94.9 Å². The van der Waals surface area contributed by atoms with E-state index in [1.54, 1.807) is 18.2 Å².